The predicted molar refractivity (Wildman–Crippen MR) is 76.6 cm³/mol. The van der Waals surface area contributed by atoms with Crippen LogP contribution in [0.15, 0.2) is 0 Å². The first-order valence-corrected chi connectivity index (χ1v) is 7.43. The molecular weight excluding hydrogens is 274 g/mol. The Kier molecular flexibility index (Phi) is 5.51. The van der Waals surface area contributed by atoms with E-state index in [1.54, 1.807) is 4.90 Å². The maximum absolute atomic E-state index is 12.0. The van der Waals surface area contributed by atoms with E-state index in [9.17, 15) is 14.4 Å². The first-order valence-electron chi connectivity index (χ1n) is 7.43. The molecule has 0 bridgehead atoms. The molecule has 118 valence electrons. The van der Waals surface area contributed by atoms with E-state index in [2.05, 4.69) is 21.3 Å². The first kappa shape index (κ1) is 15.7. The molecule has 21 heavy (non-hydrogen) atoms. The van der Waals surface area contributed by atoms with Gasteiger partial charge in [0.25, 0.3) is 0 Å². The van der Waals surface area contributed by atoms with Crippen molar-refractivity contribution >= 4 is 17.8 Å². The van der Waals surface area contributed by atoms with Crippen LogP contribution in [0.4, 0.5) is 4.79 Å². The van der Waals surface area contributed by atoms with E-state index in [1.165, 1.54) is 0 Å². The predicted octanol–water partition coefficient (Wildman–Crippen LogP) is -1.62. The van der Waals surface area contributed by atoms with Gasteiger partial charge in [-0.1, -0.05) is 0 Å². The van der Waals surface area contributed by atoms with Crippen LogP contribution in [0, 0.1) is 0 Å². The van der Waals surface area contributed by atoms with Gasteiger partial charge in [-0.05, 0) is 19.8 Å². The number of likely N-dealkylation sites (N-methyl/N-ethyl adjacent to an activating group) is 1. The Bertz CT molecular complexity index is 411. The third-order valence-corrected chi connectivity index (χ3v) is 3.52. The molecule has 0 aromatic heterocycles. The normalized spacial score (nSPS) is 22.4. The second-order valence-electron chi connectivity index (χ2n) is 5.38. The minimum atomic E-state index is -0.452. The minimum absolute atomic E-state index is 0.0432. The fourth-order valence-electron chi connectivity index (χ4n) is 2.29. The number of imide groups is 1. The Morgan fingerprint density at radius 2 is 2.05 bits per heavy atom. The van der Waals surface area contributed by atoms with Crippen molar-refractivity contribution in [2.45, 2.75) is 31.8 Å². The van der Waals surface area contributed by atoms with Crippen molar-refractivity contribution in [3.05, 3.63) is 0 Å². The number of nitrogens with zero attached hydrogens (tertiary/aromatic N) is 1. The van der Waals surface area contributed by atoms with E-state index in [0.717, 1.165) is 19.4 Å². The number of hydrogen-bond donors (Lipinski definition) is 4. The van der Waals surface area contributed by atoms with E-state index in [4.69, 9.17) is 0 Å². The van der Waals surface area contributed by atoms with Crippen LogP contribution in [0.5, 0.6) is 0 Å². The summed E-state index contributed by atoms with van der Waals surface area (Å²) in [5.41, 5.74) is 0. The van der Waals surface area contributed by atoms with Crippen LogP contribution in [0.1, 0.15) is 19.8 Å². The topological polar surface area (TPSA) is 103 Å². The second-order valence-corrected chi connectivity index (χ2v) is 5.38. The zero-order chi connectivity index (χ0) is 15.2. The molecule has 0 spiro atoms. The summed E-state index contributed by atoms with van der Waals surface area (Å²) in [5.74, 6) is -0.482. The van der Waals surface area contributed by atoms with E-state index in [0.29, 0.717) is 19.6 Å². The van der Waals surface area contributed by atoms with Gasteiger partial charge in [0, 0.05) is 32.2 Å². The molecule has 1 atom stereocenters. The molecule has 1 saturated carbocycles. The number of urea groups is 1. The second kappa shape index (κ2) is 7.37. The number of hydrogen-bond acceptors (Lipinski definition) is 5. The average molecular weight is 297 g/mol. The van der Waals surface area contributed by atoms with Crippen LogP contribution in [0.2, 0.25) is 0 Å². The highest BCUT2D eigenvalue weighted by molar-refractivity contribution is 5.95. The zero-order valence-corrected chi connectivity index (χ0v) is 12.3. The number of nitrogens with one attached hydrogen (secondary N) is 4. The molecule has 0 aromatic carbocycles. The van der Waals surface area contributed by atoms with Crippen LogP contribution < -0.4 is 21.3 Å². The van der Waals surface area contributed by atoms with Crippen molar-refractivity contribution in [3.8, 4) is 0 Å². The Balaban J connectivity index is 1.81. The maximum atomic E-state index is 12.0. The molecular formula is C13H23N5O3. The Labute approximate surface area is 124 Å². The van der Waals surface area contributed by atoms with Crippen molar-refractivity contribution in [2.24, 2.45) is 0 Å². The van der Waals surface area contributed by atoms with Crippen LogP contribution in [-0.2, 0) is 9.59 Å². The summed E-state index contributed by atoms with van der Waals surface area (Å²) < 4.78 is 0. The van der Waals surface area contributed by atoms with Crippen LogP contribution >= 0.6 is 0 Å². The van der Waals surface area contributed by atoms with Crippen molar-refractivity contribution in [3.63, 3.8) is 0 Å². The molecule has 0 radical (unpaired) electrons. The van der Waals surface area contributed by atoms with Crippen molar-refractivity contribution in [1.82, 2.24) is 26.2 Å². The SMILES string of the molecule is CCNC(=O)C1CNCCN1CC(=O)NC(=O)NC1CC1. The average Bonchev–Trinajstić information content (AvgIpc) is 3.23. The summed E-state index contributed by atoms with van der Waals surface area (Å²) in [7, 11) is 0. The van der Waals surface area contributed by atoms with E-state index in [1.807, 2.05) is 6.92 Å². The molecule has 4 amide bonds. The van der Waals surface area contributed by atoms with Crippen molar-refractivity contribution < 1.29 is 14.4 Å². The number of piperazine rings is 1. The minimum Gasteiger partial charge on any atom is -0.355 e. The molecule has 1 unspecified atom stereocenters. The van der Waals surface area contributed by atoms with E-state index >= 15 is 0 Å². The number of carbonyl (C=O) groups excluding carboxylic acids is 3. The molecule has 0 aromatic rings. The van der Waals surface area contributed by atoms with Gasteiger partial charge in [-0.25, -0.2) is 4.79 Å². The molecule has 2 aliphatic rings. The van der Waals surface area contributed by atoms with Crippen LogP contribution in [-0.4, -0.2) is 67.6 Å². The molecule has 8 heteroatoms. The lowest BCUT2D eigenvalue weighted by molar-refractivity contribution is -0.129. The standard InChI is InChI=1S/C13H23N5O3/c1-2-15-12(20)10-7-14-5-6-18(10)8-11(19)17-13(21)16-9-3-4-9/h9-10,14H,2-8H2,1H3,(H,15,20)(H2,16,17,19,21). The lowest BCUT2D eigenvalue weighted by atomic mass is 10.1. The largest absolute Gasteiger partial charge is 0.355 e. The van der Waals surface area contributed by atoms with Gasteiger partial charge in [0.1, 0.15) is 6.04 Å². The molecule has 2 fully saturated rings. The number of amides is 4. The number of rotatable bonds is 5. The molecule has 1 aliphatic heterocycles. The van der Waals surface area contributed by atoms with E-state index < -0.39 is 6.03 Å². The Hall–Kier alpha value is -1.67. The van der Waals surface area contributed by atoms with Crippen LogP contribution in [0.25, 0.3) is 0 Å². The Morgan fingerprint density at radius 3 is 2.71 bits per heavy atom. The maximum Gasteiger partial charge on any atom is 0.321 e. The molecule has 1 saturated heterocycles. The van der Waals surface area contributed by atoms with Gasteiger partial charge in [-0.2, -0.15) is 0 Å². The highest BCUT2D eigenvalue weighted by Crippen LogP contribution is 2.18. The van der Waals surface area contributed by atoms with Gasteiger partial charge in [0.05, 0.1) is 6.54 Å². The van der Waals surface area contributed by atoms with Crippen LogP contribution in [0.3, 0.4) is 0 Å². The number of carbonyl (C=O) groups is 3. The summed E-state index contributed by atoms with van der Waals surface area (Å²) in [6, 6.07) is -0.622. The lowest BCUT2D eigenvalue weighted by Crippen LogP contribution is -2.60. The molecule has 1 heterocycles. The van der Waals surface area contributed by atoms with Gasteiger partial charge in [0.2, 0.25) is 11.8 Å². The van der Waals surface area contributed by atoms with Crippen molar-refractivity contribution in [1.29, 1.82) is 0 Å². The Morgan fingerprint density at radius 1 is 1.29 bits per heavy atom. The van der Waals surface area contributed by atoms with Gasteiger partial charge in [0.15, 0.2) is 0 Å². The summed E-state index contributed by atoms with van der Waals surface area (Å²) >= 11 is 0. The first-order chi connectivity index (χ1) is 10.1. The molecule has 8 nitrogen and oxygen atoms in total. The van der Waals surface area contributed by atoms with Gasteiger partial charge >= 0.3 is 6.03 Å². The van der Waals surface area contributed by atoms with Gasteiger partial charge < -0.3 is 16.0 Å². The third kappa shape index (κ3) is 4.98. The molecule has 2 rings (SSSR count). The third-order valence-electron chi connectivity index (χ3n) is 3.52. The zero-order valence-electron chi connectivity index (χ0n) is 12.3. The van der Waals surface area contributed by atoms with Gasteiger partial charge in [-0.15, -0.1) is 0 Å². The smallest absolute Gasteiger partial charge is 0.321 e. The summed E-state index contributed by atoms with van der Waals surface area (Å²) in [5, 5.41) is 10.9. The lowest BCUT2D eigenvalue weighted by Gasteiger charge is -2.34. The highest BCUT2D eigenvalue weighted by Gasteiger charge is 2.30. The molecule has 4 N–H and O–H groups in total. The monoisotopic (exact) mass is 297 g/mol. The fraction of sp³-hybridized carbons (Fsp3) is 0.769. The summed E-state index contributed by atoms with van der Waals surface area (Å²) in [6.07, 6.45) is 1.94. The van der Waals surface area contributed by atoms with Crippen molar-refractivity contribution in [2.75, 3.05) is 32.7 Å². The van der Waals surface area contributed by atoms with E-state index in [-0.39, 0.29) is 30.4 Å². The highest BCUT2D eigenvalue weighted by atomic mass is 16.2. The summed E-state index contributed by atoms with van der Waals surface area (Å²) in [4.78, 5) is 37.1. The quantitative estimate of drug-likeness (QED) is 0.489. The summed E-state index contributed by atoms with van der Waals surface area (Å²) in [6.45, 7) is 4.28. The molecule has 1 aliphatic carbocycles. The fourth-order valence-corrected chi connectivity index (χ4v) is 2.29. The van der Waals surface area contributed by atoms with Gasteiger partial charge in [-0.3, -0.25) is 19.8 Å².